The molecule has 39 heavy (non-hydrogen) atoms. The van der Waals surface area contributed by atoms with Gasteiger partial charge in [-0.3, -0.25) is 14.5 Å². The number of hydrogen-bond acceptors (Lipinski definition) is 8. The highest BCUT2D eigenvalue weighted by molar-refractivity contribution is 7.22. The van der Waals surface area contributed by atoms with Crippen molar-refractivity contribution in [1.82, 2.24) is 4.98 Å². The molecule has 2 aliphatic rings. The SMILES string of the molecule is CCOc1ccc2nc(N3C(=O)C(=O)/C(=C(/O)c4ccc5c(c4)C[C@@H](C)O5)[C@H]3c3cccc(OC)c3)sc2c1. The van der Waals surface area contributed by atoms with Crippen LogP contribution in [0.1, 0.15) is 36.6 Å². The van der Waals surface area contributed by atoms with Crippen LogP contribution in [0.25, 0.3) is 16.0 Å². The average Bonchev–Trinajstić information content (AvgIpc) is 3.60. The molecule has 4 aromatic rings. The first-order chi connectivity index (χ1) is 18.9. The van der Waals surface area contributed by atoms with Crippen molar-refractivity contribution in [3.63, 3.8) is 0 Å². The second kappa shape index (κ2) is 9.74. The molecule has 3 heterocycles. The Kier molecular flexibility index (Phi) is 6.23. The van der Waals surface area contributed by atoms with Crippen molar-refractivity contribution in [2.45, 2.75) is 32.4 Å². The van der Waals surface area contributed by atoms with Gasteiger partial charge in [0.25, 0.3) is 5.78 Å². The number of carbonyl (C=O) groups is 2. The van der Waals surface area contributed by atoms with Crippen molar-refractivity contribution in [3.05, 3.63) is 82.9 Å². The Bertz CT molecular complexity index is 1660. The number of benzene rings is 3. The first-order valence-corrected chi connectivity index (χ1v) is 13.5. The van der Waals surface area contributed by atoms with Crippen LogP contribution in [0.3, 0.4) is 0 Å². The highest BCUT2D eigenvalue weighted by Gasteiger charge is 2.48. The van der Waals surface area contributed by atoms with Crippen LogP contribution in [0.5, 0.6) is 17.2 Å². The molecular formula is C30H26N2O6S. The Morgan fingerprint density at radius 3 is 2.77 bits per heavy atom. The Hall–Kier alpha value is -4.37. The lowest BCUT2D eigenvalue weighted by Crippen LogP contribution is -2.29. The fourth-order valence-corrected chi connectivity index (χ4v) is 6.15. The van der Waals surface area contributed by atoms with Gasteiger partial charge in [-0.2, -0.15) is 0 Å². The van der Waals surface area contributed by atoms with Crippen molar-refractivity contribution in [2.75, 3.05) is 18.6 Å². The summed E-state index contributed by atoms with van der Waals surface area (Å²) in [5.41, 5.74) is 2.67. The molecule has 198 valence electrons. The molecule has 0 bridgehead atoms. The van der Waals surface area contributed by atoms with E-state index in [1.807, 2.05) is 38.1 Å². The molecule has 8 nitrogen and oxygen atoms in total. The predicted molar refractivity (Wildman–Crippen MR) is 149 cm³/mol. The summed E-state index contributed by atoms with van der Waals surface area (Å²) >= 11 is 1.28. The van der Waals surface area contributed by atoms with Crippen molar-refractivity contribution in [2.24, 2.45) is 0 Å². The lowest BCUT2D eigenvalue weighted by molar-refractivity contribution is -0.132. The first-order valence-electron chi connectivity index (χ1n) is 12.7. The molecule has 9 heteroatoms. The standard InChI is InChI=1S/C30H26N2O6S/c1-4-37-21-9-10-22-24(15-21)39-30(31-22)32-26(17-6-5-7-20(14-17)36-3)25(28(34)29(32)35)27(33)18-8-11-23-19(13-18)12-16(2)38-23/h5-11,13-16,26,33H,4,12H2,1-3H3/b27-25+/t16-,26-/m1/s1. The monoisotopic (exact) mass is 542 g/mol. The fraction of sp³-hybridized carbons (Fsp3) is 0.233. The van der Waals surface area contributed by atoms with Crippen LogP contribution in [-0.2, 0) is 16.0 Å². The van der Waals surface area contributed by atoms with Gasteiger partial charge in [-0.1, -0.05) is 23.5 Å². The maximum Gasteiger partial charge on any atom is 0.301 e. The smallest absolute Gasteiger partial charge is 0.301 e. The van der Waals surface area contributed by atoms with E-state index in [1.54, 1.807) is 43.5 Å². The Balaban J connectivity index is 1.52. The second-order valence-corrected chi connectivity index (χ2v) is 10.5. The van der Waals surface area contributed by atoms with Crippen LogP contribution in [0.4, 0.5) is 5.13 Å². The van der Waals surface area contributed by atoms with E-state index in [2.05, 4.69) is 4.98 Å². The number of thiazole rings is 1. The maximum absolute atomic E-state index is 13.6. The summed E-state index contributed by atoms with van der Waals surface area (Å²) in [5, 5.41) is 11.9. The van der Waals surface area contributed by atoms with Crippen molar-refractivity contribution < 1.29 is 28.9 Å². The molecule has 1 N–H and O–H groups in total. The summed E-state index contributed by atoms with van der Waals surface area (Å²) in [5.74, 6) is 0.232. The van der Waals surface area contributed by atoms with Gasteiger partial charge in [-0.05, 0) is 73.5 Å². The van der Waals surface area contributed by atoms with Gasteiger partial charge in [0.2, 0.25) is 0 Å². The number of ether oxygens (including phenoxy) is 3. The Labute approximate surface area is 229 Å². The molecule has 3 aromatic carbocycles. The largest absolute Gasteiger partial charge is 0.507 e. The van der Waals surface area contributed by atoms with Crippen LogP contribution in [0.15, 0.2) is 66.2 Å². The van der Waals surface area contributed by atoms with Crippen molar-refractivity contribution in [3.8, 4) is 17.2 Å². The van der Waals surface area contributed by atoms with E-state index in [9.17, 15) is 14.7 Å². The van der Waals surface area contributed by atoms with Crippen LogP contribution < -0.4 is 19.1 Å². The molecule has 0 saturated carbocycles. The number of nitrogens with zero attached hydrogens (tertiary/aromatic N) is 2. The molecule has 1 aromatic heterocycles. The minimum absolute atomic E-state index is 0.00516. The van der Waals surface area contributed by atoms with Gasteiger partial charge < -0.3 is 19.3 Å². The summed E-state index contributed by atoms with van der Waals surface area (Å²) < 4.78 is 17.7. The van der Waals surface area contributed by atoms with Crippen LogP contribution in [-0.4, -0.2) is 41.6 Å². The number of anilines is 1. The summed E-state index contributed by atoms with van der Waals surface area (Å²) in [7, 11) is 1.55. The highest BCUT2D eigenvalue weighted by Crippen LogP contribution is 2.45. The third kappa shape index (κ3) is 4.28. The van der Waals surface area contributed by atoms with E-state index >= 15 is 0 Å². The van der Waals surface area contributed by atoms with E-state index in [0.717, 1.165) is 16.0 Å². The predicted octanol–water partition coefficient (Wildman–Crippen LogP) is 5.65. The lowest BCUT2D eigenvalue weighted by Gasteiger charge is -2.23. The van der Waals surface area contributed by atoms with E-state index in [4.69, 9.17) is 14.2 Å². The number of rotatable bonds is 6. The summed E-state index contributed by atoms with van der Waals surface area (Å²) in [6.07, 6.45) is 0.724. The number of amides is 1. The number of fused-ring (bicyclic) bond motifs is 2. The fourth-order valence-electron chi connectivity index (χ4n) is 5.13. The van der Waals surface area contributed by atoms with E-state index in [-0.39, 0.29) is 17.4 Å². The summed E-state index contributed by atoms with van der Waals surface area (Å²) in [4.78, 5) is 33.2. The van der Waals surface area contributed by atoms with E-state index < -0.39 is 17.7 Å². The molecule has 0 spiro atoms. The number of Topliss-reactive ketones (excluding diaryl/α,β-unsaturated/α-hetero) is 1. The molecule has 0 aliphatic carbocycles. The van der Waals surface area contributed by atoms with Gasteiger partial charge in [0.15, 0.2) is 5.13 Å². The highest BCUT2D eigenvalue weighted by atomic mass is 32.1. The van der Waals surface area contributed by atoms with Crippen LogP contribution in [0.2, 0.25) is 0 Å². The third-order valence-corrected chi connectivity index (χ3v) is 7.91. The van der Waals surface area contributed by atoms with Gasteiger partial charge in [-0.25, -0.2) is 4.98 Å². The Morgan fingerprint density at radius 1 is 1.13 bits per heavy atom. The third-order valence-electron chi connectivity index (χ3n) is 6.89. The van der Waals surface area contributed by atoms with E-state index in [1.165, 1.54) is 16.2 Å². The number of hydrogen-bond donors (Lipinski definition) is 1. The average molecular weight is 543 g/mol. The molecule has 2 atom stereocenters. The van der Waals surface area contributed by atoms with E-state index in [0.29, 0.717) is 46.3 Å². The molecule has 1 amide bonds. The molecule has 1 fully saturated rings. The number of aromatic nitrogens is 1. The number of aliphatic hydroxyl groups is 1. The quantitative estimate of drug-likeness (QED) is 0.191. The van der Waals surface area contributed by atoms with Gasteiger partial charge in [0, 0.05) is 12.0 Å². The van der Waals surface area contributed by atoms with Crippen molar-refractivity contribution >= 4 is 44.1 Å². The number of aliphatic hydroxyl groups excluding tert-OH is 1. The van der Waals surface area contributed by atoms with Crippen LogP contribution in [0, 0.1) is 0 Å². The zero-order chi connectivity index (χ0) is 27.3. The molecule has 2 aliphatic heterocycles. The number of ketones is 1. The van der Waals surface area contributed by atoms with Gasteiger partial charge in [-0.15, -0.1) is 0 Å². The molecule has 0 unspecified atom stereocenters. The zero-order valence-corrected chi connectivity index (χ0v) is 22.5. The zero-order valence-electron chi connectivity index (χ0n) is 21.6. The van der Waals surface area contributed by atoms with Gasteiger partial charge in [0.1, 0.15) is 29.1 Å². The summed E-state index contributed by atoms with van der Waals surface area (Å²) in [6, 6.07) is 17.0. The van der Waals surface area contributed by atoms with Gasteiger partial charge in [0.05, 0.1) is 35.5 Å². The number of carbonyl (C=O) groups excluding carboxylic acids is 2. The summed E-state index contributed by atoms with van der Waals surface area (Å²) in [6.45, 7) is 4.41. The molecule has 6 rings (SSSR count). The molecule has 1 saturated heterocycles. The molecule has 0 radical (unpaired) electrons. The first kappa shape index (κ1) is 24.9. The van der Waals surface area contributed by atoms with Crippen molar-refractivity contribution in [1.29, 1.82) is 0 Å². The minimum atomic E-state index is -0.907. The van der Waals surface area contributed by atoms with Gasteiger partial charge >= 0.3 is 5.91 Å². The Morgan fingerprint density at radius 2 is 1.97 bits per heavy atom. The second-order valence-electron chi connectivity index (χ2n) is 9.46. The molecular weight excluding hydrogens is 516 g/mol. The topological polar surface area (TPSA) is 98.2 Å². The minimum Gasteiger partial charge on any atom is -0.507 e. The van der Waals surface area contributed by atoms with Crippen LogP contribution >= 0.6 is 11.3 Å². The lowest BCUT2D eigenvalue weighted by atomic mass is 9.94. The number of methoxy groups -OCH3 is 1. The normalized spacial score (nSPS) is 19.8. The maximum atomic E-state index is 13.6.